The van der Waals surface area contributed by atoms with Crippen LogP contribution in [0.2, 0.25) is 0 Å². The molecule has 0 bridgehead atoms. The van der Waals surface area contributed by atoms with Gasteiger partial charge in [-0.2, -0.15) is 0 Å². The van der Waals surface area contributed by atoms with Crippen molar-refractivity contribution in [1.29, 1.82) is 0 Å². The van der Waals surface area contributed by atoms with E-state index >= 15 is 0 Å². The monoisotopic (exact) mass is 464 g/mol. The van der Waals surface area contributed by atoms with Crippen LogP contribution in [0.4, 0.5) is 5.82 Å². The molecule has 3 aromatic heterocycles. The Morgan fingerprint density at radius 2 is 2.09 bits per heavy atom. The van der Waals surface area contributed by atoms with Gasteiger partial charge in [0.05, 0.1) is 23.9 Å². The summed E-state index contributed by atoms with van der Waals surface area (Å²) < 4.78 is 6.04. The highest BCUT2D eigenvalue weighted by Gasteiger charge is 2.27. The first-order valence-corrected chi connectivity index (χ1v) is 12.4. The minimum atomic E-state index is 0.113. The Balaban J connectivity index is 1.26. The Hall–Kier alpha value is -3.07. The highest BCUT2D eigenvalue weighted by atomic mass is 32.1. The molecule has 33 heavy (non-hydrogen) atoms. The third-order valence-corrected chi connectivity index (χ3v) is 6.88. The van der Waals surface area contributed by atoms with Crippen LogP contribution in [0.1, 0.15) is 49.2 Å². The molecule has 8 nitrogen and oxygen atoms in total. The van der Waals surface area contributed by atoms with Gasteiger partial charge in [-0.3, -0.25) is 4.79 Å². The summed E-state index contributed by atoms with van der Waals surface area (Å²) in [5, 5.41) is 1.97. The van der Waals surface area contributed by atoms with Crippen molar-refractivity contribution in [2.45, 2.75) is 45.6 Å². The lowest BCUT2D eigenvalue weighted by atomic mass is 9.99. The van der Waals surface area contributed by atoms with Gasteiger partial charge in [0.1, 0.15) is 17.3 Å². The van der Waals surface area contributed by atoms with Gasteiger partial charge in [-0.1, -0.05) is 0 Å². The lowest BCUT2D eigenvalue weighted by Crippen LogP contribution is -2.35. The molecule has 2 aliphatic heterocycles. The Bertz CT molecular complexity index is 1140. The van der Waals surface area contributed by atoms with Crippen molar-refractivity contribution in [2.75, 3.05) is 31.1 Å². The number of carbonyl (C=O) groups excluding carboxylic acids is 1. The first-order valence-electron chi connectivity index (χ1n) is 11.5. The van der Waals surface area contributed by atoms with Gasteiger partial charge in [0.2, 0.25) is 5.91 Å². The van der Waals surface area contributed by atoms with Gasteiger partial charge in [0.25, 0.3) is 0 Å². The molecule has 5 rings (SSSR count). The summed E-state index contributed by atoms with van der Waals surface area (Å²) >= 11 is 1.55. The second-order valence-electron chi connectivity index (χ2n) is 8.58. The van der Waals surface area contributed by atoms with E-state index in [2.05, 4.69) is 21.8 Å². The van der Waals surface area contributed by atoms with Crippen molar-refractivity contribution in [3.8, 4) is 17.3 Å². The summed E-state index contributed by atoms with van der Waals surface area (Å²) in [6.07, 6.45) is 5.24. The average Bonchev–Trinajstić information content (AvgIpc) is 3.48. The fraction of sp³-hybridized carbons (Fsp3) is 0.458. The second kappa shape index (κ2) is 9.43. The Morgan fingerprint density at radius 1 is 1.18 bits per heavy atom. The van der Waals surface area contributed by atoms with Crippen LogP contribution in [0.25, 0.3) is 11.5 Å². The van der Waals surface area contributed by atoms with Crippen molar-refractivity contribution in [3.05, 3.63) is 46.2 Å². The number of amides is 1. The average molecular weight is 465 g/mol. The molecule has 0 saturated carbocycles. The van der Waals surface area contributed by atoms with Crippen LogP contribution >= 0.6 is 11.3 Å². The number of aromatic nitrogens is 4. The summed E-state index contributed by atoms with van der Waals surface area (Å²) in [5.41, 5.74) is 5.76. The minimum Gasteiger partial charge on any atom is -0.493 e. The standard InChI is InChI=1S/C24H28N6O2S/c1-16-11-18(32-10-4-8-29-7-3-5-23(29)31)12-22(27-16)30-9-6-20-19(17(30)2)13-25-24(28-20)21-14-33-15-26-21/h11-15,17H,3-10H2,1-2H3. The van der Waals surface area contributed by atoms with E-state index in [0.29, 0.717) is 18.9 Å². The summed E-state index contributed by atoms with van der Waals surface area (Å²) in [7, 11) is 0. The summed E-state index contributed by atoms with van der Waals surface area (Å²) in [5.74, 6) is 2.68. The molecule has 9 heteroatoms. The number of thiazole rings is 1. The van der Waals surface area contributed by atoms with Gasteiger partial charge < -0.3 is 14.5 Å². The molecule has 1 atom stereocenters. The van der Waals surface area contributed by atoms with E-state index in [1.165, 1.54) is 0 Å². The molecule has 1 fully saturated rings. The summed E-state index contributed by atoms with van der Waals surface area (Å²) in [6, 6.07) is 4.10. The Labute approximate surface area is 197 Å². The molecule has 0 N–H and O–H groups in total. The fourth-order valence-electron chi connectivity index (χ4n) is 4.56. The van der Waals surface area contributed by atoms with E-state index in [1.807, 2.05) is 35.5 Å². The smallest absolute Gasteiger partial charge is 0.222 e. The third-order valence-electron chi connectivity index (χ3n) is 6.29. The van der Waals surface area contributed by atoms with Gasteiger partial charge in [-0.15, -0.1) is 11.3 Å². The predicted octanol–water partition coefficient (Wildman–Crippen LogP) is 3.82. The van der Waals surface area contributed by atoms with E-state index in [-0.39, 0.29) is 11.9 Å². The van der Waals surface area contributed by atoms with Gasteiger partial charge >= 0.3 is 0 Å². The third kappa shape index (κ3) is 4.68. The van der Waals surface area contributed by atoms with E-state index in [1.54, 1.807) is 16.8 Å². The number of nitrogens with zero attached hydrogens (tertiary/aromatic N) is 6. The highest BCUT2D eigenvalue weighted by Crippen LogP contribution is 2.34. The van der Waals surface area contributed by atoms with E-state index in [4.69, 9.17) is 14.7 Å². The lowest BCUT2D eigenvalue weighted by Gasteiger charge is -2.35. The molecule has 0 aliphatic carbocycles. The molecular formula is C24H28N6O2S. The van der Waals surface area contributed by atoms with Crippen LogP contribution in [-0.2, 0) is 11.2 Å². The number of aryl methyl sites for hydroxylation is 1. The zero-order chi connectivity index (χ0) is 22.8. The number of pyridine rings is 1. The van der Waals surface area contributed by atoms with Crippen molar-refractivity contribution in [3.63, 3.8) is 0 Å². The predicted molar refractivity (Wildman–Crippen MR) is 128 cm³/mol. The number of ether oxygens (including phenoxy) is 1. The van der Waals surface area contributed by atoms with Gasteiger partial charge in [-0.05, 0) is 26.7 Å². The van der Waals surface area contributed by atoms with Gasteiger partial charge in [0.15, 0.2) is 5.82 Å². The largest absolute Gasteiger partial charge is 0.493 e. The van der Waals surface area contributed by atoms with Crippen LogP contribution in [0.15, 0.2) is 29.2 Å². The zero-order valence-corrected chi connectivity index (χ0v) is 19.8. The summed E-state index contributed by atoms with van der Waals surface area (Å²) in [6.45, 7) is 7.21. The zero-order valence-electron chi connectivity index (χ0n) is 19.0. The lowest BCUT2D eigenvalue weighted by molar-refractivity contribution is -0.127. The van der Waals surface area contributed by atoms with Crippen molar-refractivity contribution < 1.29 is 9.53 Å². The molecular weight excluding hydrogens is 436 g/mol. The Kier molecular flexibility index (Phi) is 6.22. The molecule has 1 amide bonds. The maximum absolute atomic E-state index is 11.8. The number of rotatable bonds is 7. The summed E-state index contributed by atoms with van der Waals surface area (Å²) in [4.78, 5) is 34.5. The van der Waals surface area contributed by atoms with E-state index < -0.39 is 0 Å². The quantitative estimate of drug-likeness (QED) is 0.492. The highest BCUT2D eigenvalue weighted by molar-refractivity contribution is 7.07. The first kappa shape index (κ1) is 21.8. The molecule has 2 aliphatic rings. The topological polar surface area (TPSA) is 84.3 Å². The van der Waals surface area contributed by atoms with Gasteiger partial charge in [0, 0.05) is 67.4 Å². The van der Waals surface area contributed by atoms with Crippen LogP contribution in [-0.4, -0.2) is 57.0 Å². The SMILES string of the molecule is Cc1cc(OCCCN2CCCC2=O)cc(N2CCc3nc(-c4cscn4)ncc3C2C)n1. The molecule has 3 aromatic rings. The van der Waals surface area contributed by atoms with Crippen LogP contribution in [0.5, 0.6) is 5.75 Å². The second-order valence-corrected chi connectivity index (χ2v) is 9.30. The van der Waals surface area contributed by atoms with Crippen LogP contribution in [0.3, 0.4) is 0 Å². The maximum Gasteiger partial charge on any atom is 0.222 e. The Morgan fingerprint density at radius 3 is 2.88 bits per heavy atom. The fourth-order valence-corrected chi connectivity index (χ4v) is 5.09. The molecule has 172 valence electrons. The molecule has 0 spiro atoms. The minimum absolute atomic E-state index is 0.113. The number of fused-ring (bicyclic) bond motifs is 1. The number of hydrogen-bond acceptors (Lipinski definition) is 8. The van der Waals surface area contributed by atoms with E-state index in [9.17, 15) is 4.79 Å². The number of likely N-dealkylation sites (tertiary alicyclic amines) is 1. The molecule has 0 radical (unpaired) electrons. The molecule has 1 unspecified atom stereocenters. The van der Waals surface area contributed by atoms with Gasteiger partial charge in [-0.25, -0.2) is 19.9 Å². The number of hydrogen-bond donors (Lipinski definition) is 0. The van der Waals surface area contributed by atoms with Crippen LogP contribution in [0, 0.1) is 6.92 Å². The van der Waals surface area contributed by atoms with E-state index in [0.717, 1.165) is 73.1 Å². The van der Waals surface area contributed by atoms with Crippen molar-refractivity contribution in [1.82, 2.24) is 24.8 Å². The molecule has 1 saturated heterocycles. The van der Waals surface area contributed by atoms with Crippen molar-refractivity contribution in [2.24, 2.45) is 0 Å². The normalized spacial score (nSPS) is 18.0. The first-order chi connectivity index (χ1) is 16.1. The van der Waals surface area contributed by atoms with Crippen molar-refractivity contribution >= 4 is 23.1 Å². The molecule has 0 aromatic carbocycles. The number of anilines is 1. The number of carbonyl (C=O) groups is 1. The maximum atomic E-state index is 11.8. The molecule has 5 heterocycles. The van der Waals surface area contributed by atoms with Crippen LogP contribution < -0.4 is 9.64 Å².